The van der Waals surface area contributed by atoms with Gasteiger partial charge in [0.2, 0.25) is 5.56 Å². The molecule has 0 bridgehead atoms. The maximum atomic E-state index is 13.1. The van der Waals surface area contributed by atoms with Gasteiger partial charge in [-0.1, -0.05) is 17.7 Å². The van der Waals surface area contributed by atoms with Crippen molar-refractivity contribution in [2.45, 2.75) is 6.92 Å². The summed E-state index contributed by atoms with van der Waals surface area (Å²) in [6.45, 7) is 1.67. The molecule has 0 aliphatic heterocycles. The molecule has 1 aromatic heterocycles. The molecule has 0 fully saturated rings. The van der Waals surface area contributed by atoms with Crippen LogP contribution < -0.4 is 5.56 Å². The molecular formula is C12H9ClFNO. The highest BCUT2D eigenvalue weighted by molar-refractivity contribution is 6.29. The topological polar surface area (TPSA) is 32.9 Å². The molecule has 16 heavy (non-hydrogen) atoms. The molecule has 0 radical (unpaired) electrons. The van der Waals surface area contributed by atoms with Gasteiger partial charge >= 0.3 is 0 Å². The zero-order chi connectivity index (χ0) is 11.7. The first-order valence-corrected chi connectivity index (χ1v) is 5.10. The van der Waals surface area contributed by atoms with Crippen LogP contribution in [0.5, 0.6) is 0 Å². The van der Waals surface area contributed by atoms with Crippen molar-refractivity contribution < 1.29 is 4.39 Å². The van der Waals surface area contributed by atoms with E-state index in [2.05, 4.69) is 4.98 Å². The summed E-state index contributed by atoms with van der Waals surface area (Å²) in [4.78, 5) is 13.7. The van der Waals surface area contributed by atoms with Crippen molar-refractivity contribution in [1.29, 1.82) is 0 Å². The molecule has 2 nitrogen and oxygen atoms in total. The van der Waals surface area contributed by atoms with E-state index in [1.165, 1.54) is 12.1 Å². The molecule has 0 spiro atoms. The van der Waals surface area contributed by atoms with Crippen molar-refractivity contribution in [3.63, 3.8) is 0 Å². The first-order valence-electron chi connectivity index (χ1n) is 4.72. The number of rotatable bonds is 1. The van der Waals surface area contributed by atoms with Crippen LogP contribution in [0.25, 0.3) is 11.1 Å². The number of hydrogen-bond donors (Lipinski definition) is 1. The second-order valence-electron chi connectivity index (χ2n) is 3.55. The maximum absolute atomic E-state index is 13.1. The third kappa shape index (κ3) is 2.14. The fourth-order valence-electron chi connectivity index (χ4n) is 1.50. The van der Waals surface area contributed by atoms with Gasteiger partial charge in [-0.3, -0.25) is 4.79 Å². The normalized spacial score (nSPS) is 10.4. The Morgan fingerprint density at radius 1 is 1.19 bits per heavy atom. The summed E-state index contributed by atoms with van der Waals surface area (Å²) in [5.74, 6) is -0.264. The lowest BCUT2D eigenvalue weighted by Crippen LogP contribution is -2.03. The van der Waals surface area contributed by atoms with Crippen LogP contribution in [-0.2, 0) is 0 Å². The fraction of sp³-hybridized carbons (Fsp3) is 0.0833. The molecule has 0 aliphatic carbocycles. The minimum absolute atomic E-state index is 0.264. The molecular weight excluding hydrogens is 229 g/mol. The third-order valence-corrected chi connectivity index (χ3v) is 2.51. The van der Waals surface area contributed by atoms with Gasteiger partial charge in [0.1, 0.15) is 11.0 Å². The highest BCUT2D eigenvalue weighted by atomic mass is 35.5. The lowest BCUT2D eigenvalue weighted by Gasteiger charge is -2.03. The Morgan fingerprint density at radius 2 is 1.94 bits per heavy atom. The van der Waals surface area contributed by atoms with Crippen LogP contribution in [0.1, 0.15) is 5.56 Å². The van der Waals surface area contributed by atoms with Gasteiger partial charge in [-0.25, -0.2) is 4.39 Å². The largest absolute Gasteiger partial charge is 0.313 e. The van der Waals surface area contributed by atoms with Crippen LogP contribution in [0.3, 0.4) is 0 Å². The lowest BCUT2D eigenvalue weighted by atomic mass is 10.0. The number of benzene rings is 1. The van der Waals surface area contributed by atoms with E-state index in [4.69, 9.17) is 11.6 Å². The molecule has 0 saturated heterocycles. The summed E-state index contributed by atoms with van der Waals surface area (Å²) in [5, 5.41) is 0.268. The Balaban J connectivity index is 2.58. The van der Waals surface area contributed by atoms with Gasteiger partial charge in [0.05, 0.1) is 0 Å². The highest BCUT2D eigenvalue weighted by Crippen LogP contribution is 2.22. The van der Waals surface area contributed by atoms with E-state index >= 15 is 0 Å². The highest BCUT2D eigenvalue weighted by Gasteiger charge is 2.03. The monoisotopic (exact) mass is 237 g/mol. The van der Waals surface area contributed by atoms with E-state index in [0.717, 1.165) is 5.56 Å². The molecule has 0 aliphatic rings. The first kappa shape index (κ1) is 10.9. The van der Waals surface area contributed by atoms with Crippen LogP contribution in [0.2, 0.25) is 5.15 Å². The molecule has 2 rings (SSSR count). The number of aromatic amines is 1. The molecule has 0 unspecified atom stereocenters. The van der Waals surface area contributed by atoms with Gasteiger partial charge in [0.25, 0.3) is 0 Å². The molecule has 4 heteroatoms. The summed E-state index contributed by atoms with van der Waals surface area (Å²) < 4.78 is 13.1. The lowest BCUT2D eigenvalue weighted by molar-refractivity contribution is 0.619. The third-order valence-electron chi connectivity index (χ3n) is 2.30. The van der Waals surface area contributed by atoms with E-state index in [9.17, 15) is 9.18 Å². The molecule has 0 atom stereocenters. The van der Waals surface area contributed by atoms with Gasteiger partial charge in [-0.15, -0.1) is 0 Å². The molecule has 0 saturated carbocycles. The molecule has 2 aromatic rings. The van der Waals surface area contributed by atoms with Gasteiger partial charge in [0.15, 0.2) is 0 Å². The Kier molecular flexibility index (Phi) is 2.79. The van der Waals surface area contributed by atoms with Gasteiger partial charge < -0.3 is 4.98 Å². The number of hydrogen-bond acceptors (Lipinski definition) is 1. The standard InChI is InChI=1S/C12H9ClFNO/c1-7-4-8(2-3-10(7)14)9-5-11(13)15-12(16)6-9/h2-6H,1H3,(H,15,16). The smallest absolute Gasteiger partial charge is 0.249 e. The Hall–Kier alpha value is -1.61. The predicted octanol–water partition coefficient (Wildman–Crippen LogP) is 3.14. The zero-order valence-electron chi connectivity index (χ0n) is 8.55. The van der Waals surface area contributed by atoms with Crippen LogP contribution in [0, 0.1) is 12.7 Å². The van der Waals surface area contributed by atoms with Gasteiger partial charge in [0, 0.05) is 6.07 Å². The Bertz CT molecular complexity index is 592. The summed E-state index contributed by atoms with van der Waals surface area (Å²) in [6, 6.07) is 7.74. The van der Waals surface area contributed by atoms with Crippen LogP contribution in [-0.4, -0.2) is 4.98 Å². The van der Waals surface area contributed by atoms with Crippen molar-refractivity contribution in [3.8, 4) is 11.1 Å². The fourth-order valence-corrected chi connectivity index (χ4v) is 1.71. The van der Waals surface area contributed by atoms with Crippen LogP contribution in [0.15, 0.2) is 35.1 Å². The molecule has 1 N–H and O–H groups in total. The average molecular weight is 238 g/mol. The number of halogens is 2. The predicted molar refractivity (Wildman–Crippen MR) is 62.2 cm³/mol. The van der Waals surface area contributed by atoms with Gasteiger partial charge in [-0.05, 0) is 41.8 Å². The minimum Gasteiger partial charge on any atom is -0.313 e. The zero-order valence-corrected chi connectivity index (χ0v) is 9.31. The second kappa shape index (κ2) is 4.10. The number of pyridine rings is 1. The second-order valence-corrected chi connectivity index (χ2v) is 3.95. The van der Waals surface area contributed by atoms with Crippen molar-refractivity contribution in [1.82, 2.24) is 4.98 Å². The SMILES string of the molecule is Cc1cc(-c2cc(Cl)[nH]c(=O)c2)ccc1F. The van der Waals surface area contributed by atoms with E-state index in [-0.39, 0.29) is 16.5 Å². The Morgan fingerprint density at radius 3 is 2.56 bits per heavy atom. The van der Waals surface area contributed by atoms with Gasteiger partial charge in [-0.2, -0.15) is 0 Å². The van der Waals surface area contributed by atoms with Crippen molar-refractivity contribution in [2.75, 3.05) is 0 Å². The maximum Gasteiger partial charge on any atom is 0.249 e. The molecule has 0 amide bonds. The Labute approximate surface area is 96.7 Å². The number of nitrogens with one attached hydrogen (secondary N) is 1. The summed E-state index contributed by atoms with van der Waals surface area (Å²) in [5.41, 5.74) is 1.71. The summed E-state index contributed by atoms with van der Waals surface area (Å²) in [6.07, 6.45) is 0. The van der Waals surface area contributed by atoms with Crippen molar-refractivity contribution in [2.24, 2.45) is 0 Å². The van der Waals surface area contributed by atoms with E-state index in [0.29, 0.717) is 11.1 Å². The summed E-state index contributed by atoms with van der Waals surface area (Å²) >= 11 is 5.74. The van der Waals surface area contributed by atoms with Crippen LogP contribution >= 0.6 is 11.6 Å². The van der Waals surface area contributed by atoms with Crippen molar-refractivity contribution in [3.05, 3.63) is 57.2 Å². The van der Waals surface area contributed by atoms with E-state index in [1.54, 1.807) is 25.1 Å². The number of aryl methyl sites for hydroxylation is 1. The number of aromatic nitrogens is 1. The van der Waals surface area contributed by atoms with E-state index in [1.807, 2.05) is 0 Å². The molecule has 1 heterocycles. The minimum atomic E-state index is -0.274. The van der Waals surface area contributed by atoms with E-state index < -0.39 is 0 Å². The quantitative estimate of drug-likeness (QED) is 0.760. The van der Waals surface area contributed by atoms with Crippen LogP contribution in [0.4, 0.5) is 4.39 Å². The van der Waals surface area contributed by atoms with Crippen molar-refractivity contribution >= 4 is 11.6 Å². The average Bonchev–Trinajstić information content (AvgIpc) is 2.20. The summed E-state index contributed by atoms with van der Waals surface area (Å²) in [7, 11) is 0. The first-order chi connectivity index (χ1) is 7.56. The molecule has 1 aromatic carbocycles. The number of H-pyrrole nitrogens is 1. The molecule has 82 valence electrons.